The van der Waals surface area contributed by atoms with Crippen molar-refractivity contribution in [2.75, 3.05) is 16.8 Å². The van der Waals surface area contributed by atoms with Gasteiger partial charge in [0.2, 0.25) is 11.8 Å². The number of rotatable bonds is 6. The number of aromatic amines is 1. The van der Waals surface area contributed by atoms with E-state index in [0.29, 0.717) is 33.5 Å². The molecule has 2 saturated carbocycles. The Kier molecular flexibility index (Phi) is 7.49. The molecule has 48 heavy (non-hydrogen) atoms. The van der Waals surface area contributed by atoms with Gasteiger partial charge in [0.25, 0.3) is 5.91 Å². The molecule has 0 spiro atoms. The summed E-state index contributed by atoms with van der Waals surface area (Å²) >= 11 is 9.02. The zero-order chi connectivity index (χ0) is 33.5. The zero-order valence-electron chi connectivity index (χ0n) is 24.7. The van der Waals surface area contributed by atoms with Gasteiger partial charge in [0.05, 0.1) is 28.1 Å². The van der Waals surface area contributed by atoms with Crippen molar-refractivity contribution in [2.24, 2.45) is 29.6 Å². The number of benzene rings is 3. The Morgan fingerprint density at radius 1 is 0.979 bits per heavy atom. The fourth-order valence-corrected chi connectivity index (χ4v) is 11.3. The topological polar surface area (TPSA) is 109 Å². The number of nitrogens with one attached hydrogen (secondary N) is 2. The molecule has 3 fully saturated rings. The molecule has 1 saturated heterocycles. The van der Waals surface area contributed by atoms with Crippen LogP contribution in [-0.4, -0.2) is 34.6 Å². The van der Waals surface area contributed by atoms with Crippen LogP contribution in [0.25, 0.3) is 0 Å². The lowest BCUT2D eigenvalue weighted by Gasteiger charge is -2.43. The highest BCUT2D eigenvalue weighted by atomic mass is 35.5. The number of H-pyrrole nitrogens is 1. The number of carbonyl (C=O) groups excluding carboxylic acids is 3. The van der Waals surface area contributed by atoms with Crippen LogP contribution in [0.2, 0.25) is 5.02 Å². The first-order chi connectivity index (χ1) is 23.0. The number of carbonyl (C=O) groups is 3. The molecule has 0 unspecified atom stereocenters. The van der Waals surface area contributed by atoms with Crippen molar-refractivity contribution < 1.29 is 32.3 Å². The summed E-state index contributed by atoms with van der Waals surface area (Å²) < 4.78 is 48.1. The number of thioether (sulfide) groups is 1. The van der Waals surface area contributed by atoms with Crippen molar-refractivity contribution in [3.63, 3.8) is 0 Å². The third-order valence-electron chi connectivity index (χ3n) is 9.90. The number of thiazole rings is 1. The van der Waals surface area contributed by atoms with Crippen molar-refractivity contribution in [3.8, 4) is 5.75 Å². The molecule has 14 heteroatoms. The number of imide groups is 1. The fraction of sp³-hybridized carbons (Fsp3) is 0.294. The lowest BCUT2D eigenvalue weighted by molar-refractivity contribution is -0.137. The van der Waals surface area contributed by atoms with E-state index >= 15 is 0 Å². The highest BCUT2D eigenvalue weighted by Gasteiger charge is 2.70. The Bertz CT molecular complexity index is 2040. The summed E-state index contributed by atoms with van der Waals surface area (Å²) in [6.07, 6.45) is -4.22. The molecule has 246 valence electrons. The molecule has 2 N–H and O–H groups in total. The molecule has 4 aromatic rings. The zero-order valence-corrected chi connectivity index (χ0v) is 27.1. The third kappa shape index (κ3) is 4.97. The van der Waals surface area contributed by atoms with Crippen LogP contribution in [0, 0.1) is 29.6 Å². The SMILES string of the molecule is O=C(COc1ccc(Cl)cc1[C@@H]1c2sc(=O)[nH]c2S[C@@H]2[C@@H]3C[C@@H]([C@@H]4C(=O)N(c5ccccc5C(F)(F)F)C(=O)[C@@H]34)[C@H]12)Nc1ccccc1. The van der Waals surface area contributed by atoms with Gasteiger partial charge in [-0.05, 0) is 66.6 Å². The predicted octanol–water partition coefficient (Wildman–Crippen LogP) is 6.80. The van der Waals surface area contributed by atoms with E-state index in [1.807, 2.05) is 6.07 Å². The van der Waals surface area contributed by atoms with Crippen molar-refractivity contribution in [2.45, 2.75) is 28.8 Å². The normalized spacial score (nSPS) is 27.1. The van der Waals surface area contributed by atoms with Crippen LogP contribution >= 0.6 is 34.7 Å². The molecule has 2 aliphatic heterocycles. The standard InChI is InChI=1S/C34H25ClF3N3O5S2/c35-15-10-11-22(46-14-23(42)39-16-6-2-1-3-7-16)17(12-15)24-25-18-13-19(28(25)47-30-29(24)48-33(45)40-30)27-26(18)31(43)41(32(27)44)21-9-5-4-8-20(21)34(36,37)38/h1-12,18-19,24-28H,13-14H2,(H,39,42)(H,40,45)/t18-,19-,24+,25-,26+,27+,28-/m1/s1. The minimum absolute atomic E-state index is 0.221. The van der Waals surface area contributed by atoms with Crippen molar-refractivity contribution in [3.05, 3.63) is 103 Å². The van der Waals surface area contributed by atoms with Gasteiger partial charge in [-0.1, -0.05) is 53.3 Å². The second-order valence-electron chi connectivity index (χ2n) is 12.4. The van der Waals surface area contributed by atoms with Gasteiger partial charge >= 0.3 is 11.0 Å². The lowest BCUT2D eigenvalue weighted by atomic mass is 9.68. The quantitative estimate of drug-likeness (QED) is 0.213. The van der Waals surface area contributed by atoms with Gasteiger partial charge < -0.3 is 15.0 Å². The Balaban J connectivity index is 1.16. The minimum atomic E-state index is -4.76. The number of ether oxygens (including phenoxy) is 1. The number of hydrogen-bond acceptors (Lipinski definition) is 7. The smallest absolute Gasteiger partial charge is 0.418 e. The van der Waals surface area contributed by atoms with E-state index in [1.54, 1.807) is 42.5 Å². The number of anilines is 2. The summed E-state index contributed by atoms with van der Waals surface area (Å²) in [6.45, 7) is -0.313. The van der Waals surface area contributed by atoms with Gasteiger partial charge in [-0.3, -0.25) is 19.2 Å². The van der Waals surface area contributed by atoms with Crippen molar-refractivity contribution in [1.82, 2.24) is 4.98 Å². The first-order valence-electron chi connectivity index (χ1n) is 15.2. The molecule has 8 rings (SSSR count). The number of halogens is 4. The summed E-state index contributed by atoms with van der Waals surface area (Å²) in [5.74, 6) is -4.29. The van der Waals surface area contributed by atoms with Gasteiger partial charge in [0.1, 0.15) is 5.75 Å². The number of aromatic nitrogens is 1. The largest absolute Gasteiger partial charge is 0.483 e. The van der Waals surface area contributed by atoms with Crippen LogP contribution in [0.1, 0.15) is 28.3 Å². The maximum Gasteiger partial charge on any atom is 0.418 e. The van der Waals surface area contributed by atoms with Gasteiger partial charge in [-0.15, -0.1) is 11.8 Å². The van der Waals surface area contributed by atoms with Crippen LogP contribution in [0.3, 0.4) is 0 Å². The Labute approximate surface area is 284 Å². The number of amides is 3. The molecule has 2 bridgehead atoms. The molecule has 1 aromatic heterocycles. The molecular formula is C34H25ClF3N3O5S2. The third-order valence-corrected chi connectivity index (χ3v) is 12.7. The van der Waals surface area contributed by atoms with Crippen LogP contribution in [0.5, 0.6) is 5.75 Å². The first kappa shape index (κ1) is 31.2. The van der Waals surface area contributed by atoms with Crippen molar-refractivity contribution >= 4 is 63.8 Å². The highest BCUT2D eigenvalue weighted by molar-refractivity contribution is 8.00. The Morgan fingerprint density at radius 3 is 2.44 bits per heavy atom. The molecule has 8 nitrogen and oxygen atoms in total. The molecular weight excluding hydrogens is 687 g/mol. The fourth-order valence-electron chi connectivity index (χ4n) is 8.27. The molecule has 3 heterocycles. The molecule has 3 aromatic carbocycles. The van der Waals surface area contributed by atoms with E-state index in [0.717, 1.165) is 33.2 Å². The molecule has 3 amide bonds. The summed E-state index contributed by atoms with van der Waals surface area (Å²) in [4.78, 5) is 57.6. The average molecular weight is 712 g/mol. The van der Waals surface area contributed by atoms with Crippen LogP contribution in [0.4, 0.5) is 24.5 Å². The van der Waals surface area contributed by atoms with Crippen LogP contribution in [0.15, 0.2) is 82.6 Å². The van der Waals surface area contributed by atoms with Gasteiger partial charge in [0.15, 0.2) is 6.61 Å². The van der Waals surface area contributed by atoms with Crippen molar-refractivity contribution in [1.29, 1.82) is 0 Å². The van der Waals surface area contributed by atoms with Gasteiger partial charge in [-0.2, -0.15) is 13.2 Å². The van der Waals surface area contributed by atoms with E-state index in [9.17, 15) is 32.3 Å². The van der Waals surface area contributed by atoms with E-state index in [-0.39, 0.29) is 40.4 Å². The predicted molar refractivity (Wildman–Crippen MR) is 174 cm³/mol. The van der Waals surface area contributed by atoms with E-state index in [1.165, 1.54) is 23.9 Å². The second kappa shape index (κ2) is 11.5. The maximum atomic E-state index is 14.1. The summed E-state index contributed by atoms with van der Waals surface area (Å²) in [7, 11) is 0. The molecule has 4 aliphatic rings. The monoisotopic (exact) mass is 711 g/mol. The molecule has 0 radical (unpaired) electrons. The summed E-state index contributed by atoms with van der Waals surface area (Å²) in [6, 6.07) is 18.6. The lowest BCUT2D eigenvalue weighted by Crippen LogP contribution is -2.42. The molecule has 7 atom stereocenters. The minimum Gasteiger partial charge on any atom is -0.483 e. The number of fused-ring (bicyclic) bond motifs is 9. The highest BCUT2D eigenvalue weighted by Crippen LogP contribution is 2.69. The average Bonchev–Trinajstić information content (AvgIpc) is 3.79. The second-order valence-corrected chi connectivity index (χ2v) is 15.0. The summed E-state index contributed by atoms with van der Waals surface area (Å²) in [5, 5.41) is 3.60. The van der Waals surface area contributed by atoms with Gasteiger partial charge in [-0.25, -0.2) is 4.90 Å². The van der Waals surface area contributed by atoms with E-state index in [2.05, 4.69) is 10.3 Å². The first-order valence-corrected chi connectivity index (χ1v) is 17.3. The maximum absolute atomic E-state index is 14.1. The Hall–Kier alpha value is -4.07. The number of hydrogen-bond donors (Lipinski definition) is 2. The van der Waals surface area contributed by atoms with Gasteiger partial charge in [0, 0.05) is 32.3 Å². The summed E-state index contributed by atoms with van der Waals surface area (Å²) in [5.41, 5.74) is -0.262. The van der Waals surface area contributed by atoms with E-state index in [4.69, 9.17) is 16.3 Å². The Morgan fingerprint density at radius 2 is 1.69 bits per heavy atom. The van der Waals surface area contributed by atoms with Crippen LogP contribution < -0.4 is 19.8 Å². The molecule has 2 aliphatic carbocycles. The van der Waals surface area contributed by atoms with Crippen LogP contribution in [-0.2, 0) is 20.6 Å². The van der Waals surface area contributed by atoms with E-state index < -0.39 is 47.0 Å². The number of para-hydroxylation sites is 2. The number of nitrogens with zero attached hydrogens (tertiary/aromatic N) is 1. The number of alkyl halides is 3.